The van der Waals surface area contributed by atoms with Gasteiger partial charge in [0.05, 0.1) is 11.3 Å². The predicted octanol–water partition coefficient (Wildman–Crippen LogP) is 3.94. The van der Waals surface area contributed by atoms with Crippen molar-refractivity contribution < 1.29 is 9.59 Å². The van der Waals surface area contributed by atoms with Crippen LogP contribution in [0.2, 0.25) is 0 Å². The number of para-hydroxylation sites is 1. The van der Waals surface area contributed by atoms with Crippen molar-refractivity contribution in [1.82, 2.24) is 4.90 Å². The third kappa shape index (κ3) is 5.12. The molecule has 3 rings (SSSR count). The van der Waals surface area contributed by atoms with E-state index in [1.807, 2.05) is 29.2 Å². The molecule has 1 aliphatic heterocycles. The van der Waals surface area contributed by atoms with E-state index in [0.29, 0.717) is 35.2 Å². The highest BCUT2D eigenvalue weighted by atomic mass is 35.5. The van der Waals surface area contributed by atoms with Crippen LogP contribution in [-0.4, -0.2) is 29.8 Å². The summed E-state index contributed by atoms with van der Waals surface area (Å²) in [5.41, 5.74) is 8.18. The minimum Gasteiger partial charge on any atom is -0.338 e. The number of nitrogens with one attached hydrogen (secondary N) is 1. The number of benzene rings is 2. The van der Waals surface area contributed by atoms with E-state index in [4.69, 9.17) is 5.73 Å². The smallest absolute Gasteiger partial charge is 0.255 e. The molecule has 0 aliphatic carbocycles. The number of nitrogens with zero attached hydrogens (tertiary/aromatic N) is 1. The van der Waals surface area contributed by atoms with Crippen LogP contribution in [0.25, 0.3) is 0 Å². The molecule has 2 atom stereocenters. The van der Waals surface area contributed by atoms with Crippen molar-refractivity contribution in [3.05, 3.63) is 65.2 Å². The van der Waals surface area contributed by atoms with E-state index >= 15 is 0 Å². The molecule has 1 heterocycles. The fraction of sp³-hybridized carbons (Fsp3) is 0.364. The first-order chi connectivity index (χ1) is 13.0. The standard InChI is InChI=1S/C22H27N3O2.ClH/c1-15-11-16(2)14-25(13-15)22(27)19-5-3-4-6-20(19)24-21(26)18-9-7-17(12-23)8-10-18;/h3-10,15-16H,11-14,23H2,1-2H3,(H,24,26);1H. The van der Waals surface area contributed by atoms with Crippen LogP contribution in [0, 0.1) is 11.8 Å². The Labute approximate surface area is 172 Å². The normalized spacial score (nSPS) is 18.9. The molecule has 2 aromatic rings. The molecule has 5 nitrogen and oxygen atoms in total. The Kier molecular flexibility index (Phi) is 7.61. The molecule has 3 N–H and O–H groups in total. The molecule has 2 aromatic carbocycles. The molecule has 1 fully saturated rings. The van der Waals surface area contributed by atoms with E-state index < -0.39 is 0 Å². The molecule has 2 unspecified atom stereocenters. The largest absolute Gasteiger partial charge is 0.338 e. The average Bonchev–Trinajstić information content (AvgIpc) is 2.67. The fourth-order valence-electron chi connectivity index (χ4n) is 3.76. The molecule has 0 radical (unpaired) electrons. The summed E-state index contributed by atoms with van der Waals surface area (Å²) in [7, 11) is 0. The number of halogens is 1. The summed E-state index contributed by atoms with van der Waals surface area (Å²) < 4.78 is 0. The second-order valence-corrected chi connectivity index (χ2v) is 7.56. The van der Waals surface area contributed by atoms with Gasteiger partial charge < -0.3 is 16.0 Å². The summed E-state index contributed by atoms with van der Waals surface area (Å²) in [5.74, 6) is 0.711. The maximum atomic E-state index is 13.1. The van der Waals surface area contributed by atoms with Gasteiger partial charge in [0.1, 0.15) is 0 Å². The molecular weight excluding hydrogens is 374 g/mol. The first kappa shape index (κ1) is 21.9. The maximum Gasteiger partial charge on any atom is 0.255 e. The summed E-state index contributed by atoms with van der Waals surface area (Å²) in [6, 6.07) is 14.4. The maximum absolute atomic E-state index is 13.1. The summed E-state index contributed by atoms with van der Waals surface area (Å²) in [5, 5.41) is 2.89. The van der Waals surface area contributed by atoms with Crippen molar-refractivity contribution in [1.29, 1.82) is 0 Å². The predicted molar refractivity (Wildman–Crippen MR) is 115 cm³/mol. The molecule has 0 saturated carbocycles. The van der Waals surface area contributed by atoms with E-state index in [1.54, 1.807) is 24.3 Å². The highest BCUT2D eigenvalue weighted by Gasteiger charge is 2.27. The zero-order valence-corrected chi connectivity index (χ0v) is 17.2. The lowest BCUT2D eigenvalue weighted by Crippen LogP contribution is -2.42. The van der Waals surface area contributed by atoms with Gasteiger partial charge in [0.2, 0.25) is 0 Å². The van der Waals surface area contributed by atoms with Gasteiger partial charge in [-0.1, -0.05) is 38.1 Å². The molecule has 6 heteroatoms. The second kappa shape index (κ2) is 9.71. The number of nitrogens with two attached hydrogens (primary N) is 1. The molecule has 0 spiro atoms. The van der Waals surface area contributed by atoms with Crippen LogP contribution in [0.5, 0.6) is 0 Å². The van der Waals surface area contributed by atoms with Crippen LogP contribution >= 0.6 is 12.4 Å². The Morgan fingerprint density at radius 3 is 2.25 bits per heavy atom. The van der Waals surface area contributed by atoms with Crippen molar-refractivity contribution in [3.8, 4) is 0 Å². The highest BCUT2D eigenvalue weighted by Crippen LogP contribution is 2.25. The number of rotatable bonds is 4. The van der Waals surface area contributed by atoms with Crippen LogP contribution in [-0.2, 0) is 6.54 Å². The van der Waals surface area contributed by atoms with Gasteiger partial charge in [-0.25, -0.2) is 0 Å². The molecule has 0 bridgehead atoms. The summed E-state index contributed by atoms with van der Waals surface area (Å²) >= 11 is 0. The second-order valence-electron chi connectivity index (χ2n) is 7.56. The molecule has 2 amide bonds. The quantitative estimate of drug-likeness (QED) is 0.814. The van der Waals surface area contributed by atoms with Crippen molar-refractivity contribution in [3.63, 3.8) is 0 Å². The lowest BCUT2D eigenvalue weighted by atomic mass is 9.91. The number of piperidine rings is 1. The van der Waals surface area contributed by atoms with Crippen molar-refractivity contribution in [2.75, 3.05) is 18.4 Å². The van der Waals surface area contributed by atoms with Crippen LogP contribution in [0.3, 0.4) is 0 Å². The van der Waals surface area contributed by atoms with Crippen LogP contribution in [0.4, 0.5) is 5.69 Å². The SMILES string of the molecule is CC1CC(C)CN(C(=O)c2ccccc2NC(=O)c2ccc(CN)cc2)C1.Cl. The molecule has 0 aromatic heterocycles. The van der Waals surface area contributed by atoms with Gasteiger partial charge in [-0.05, 0) is 48.1 Å². The molecule has 28 heavy (non-hydrogen) atoms. The van der Waals surface area contributed by atoms with Gasteiger partial charge in [-0.15, -0.1) is 12.4 Å². The van der Waals surface area contributed by atoms with Crippen molar-refractivity contribution in [2.45, 2.75) is 26.8 Å². The van der Waals surface area contributed by atoms with Gasteiger partial charge >= 0.3 is 0 Å². The minimum atomic E-state index is -0.237. The molecule has 150 valence electrons. The van der Waals surface area contributed by atoms with E-state index in [1.165, 1.54) is 0 Å². The van der Waals surface area contributed by atoms with Gasteiger partial charge in [0.25, 0.3) is 11.8 Å². The number of hydrogen-bond acceptors (Lipinski definition) is 3. The van der Waals surface area contributed by atoms with E-state index in [2.05, 4.69) is 19.2 Å². The number of amides is 2. The number of anilines is 1. The third-order valence-corrected chi connectivity index (χ3v) is 5.01. The summed E-state index contributed by atoms with van der Waals surface area (Å²) in [6.45, 7) is 6.30. The number of carbonyl (C=O) groups excluding carboxylic acids is 2. The van der Waals surface area contributed by atoms with Crippen molar-refractivity contribution in [2.24, 2.45) is 17.6 Å². The Morgan fingerprint density at radius 2 is 1.64 bits per heavy atom. The Bertz CT molecular complexity index is 813. The lowest BCUT2D eigenvalue weighted by molar-refractivity contribution is 0.0624. The Hall–Kier alpha value is -2.37. The number of hydrogen-bond donors (Lipinski definition) is 2. The van der Waals surface area contributed by atoms with Crippen molar-refractivity contribution >= 4 is 29.9 Å². The van der Waals surface area contributed by atoms with Crippen LogP contribution in [0.15, 0.2) is 48.5 Å². The van der Waals surface area contributed by atoms with Crippen LogP contribution < -0.4 is 11.1 Å². The summed E-state index contributed by atoms with van der Waals surface area (Å²) in [6.07, 6.45) is 1.14. The monoisotopic (exact) mass is 401 g/mol. The first-order valence-corrected chi connectivity index (χ1v) is 9.46. The zero-order valence-electron chi connectivity index (χ0n) is 16.4. The van der Waals surface area contributed by atoms with Gasteiger partial charge in [0.15, 0.2) is 0 Å². The molecule has 1 aliphatic rings. The number of carbonyl (C=O) groups is 2. The number of likely N-dealkylation sites (tertiary alicyclic amines) is 1. The average molecular weight is 402 g/mol. The fourth-order valence-corrected chi connectivity index (χ4v) is 3.76. The lowest BCUT2D eigenvalue weighted by Gasteiger charge is -2.35. The highest BCUT2D eigenvalue weighted by molar-refractivity contribution is 6.09. The van der Waals surface area contributed by atoms with E-state index in [9.17, 15) is 9.59 Å². The van der Waals surface area contributed by atoms with Gasteiger partial charge in [0, 0.05) is 25.2 Å². The third-order valence-electron chi connectivity index (χ3n) is 5.01. The minimum absolute atomic E-state index is 0. The Morgan fingerprint density at radius 1 is 1.04 bits per heavy atom. The molecular formula is C22H28ClN3O2. The van der Waals surface area contributed by atoms with Gasteiger partial charge in [-0.2, -0.15) is 0 Å². The van der Waals surface area contributed by atoms with E-state index in [-0.39, 0.29) is 24.2 Å². The van der Waals surface area contributed by atoms with Crippen LogP contribution in [0.1, 0.15) is 46.5 Å². The topological polar surface area (TPSA) is 75.4 Å². The van der Waals surface area contributed by atoms with Gasteiger partial charge in [-0.3, -0.25) is 9.59 Å². The zero-order chi connectivity index (χ0) is 19.4. The first-order valence-electron chi connectivity index (χ1n) is 9.46. The summed E-state index contributed by atoms with van der Waals surface area (Å²) in [4.78, 5) is 27.6. The molecule has 1 saturated heterocycles. The Balaban J connectivity index is 0.00000280. The van der Waals surface area contributed by atoms with E-state index in [0.717, 1.165) is 25.1 Å².